The number of unbranched alkanes of at least 4 members (excludes halogenated alkanes) is 28. The van der Waals surface area contributed by atoms with Crippen LogP contribution in [-0.4, -0.2) is 98.3 Å². The minimum Gasteiger partial charge on any atom is -0.462 e. The predicted molar refractivity (Wildman–Crippen MR) is 267 cm³/mol. The number of hydrogen-bond donors (Lipinski definition) is 6. The van der Waals surface area contributed by atoms with E-state index in [0.717, 1.165) is 51.4 Å². The molecule has 8 atom stereocenters. The molecule has 6 unspecified atom stereocenters. The van der Waals surface area contributed by atoms with Crippen LogP contribution in [0.25, 0.3) is 0 Å². The van der Waals surface area contributed by atoms with Crippen LogP contribution in [0.4, 0.5) is 0 Å². The van der Waals surface area contributed by atoms with Gasteiger partial charge in [-0.15, -0.1) is 0 Å². The summed E-state index contributed by atoms with van der Waals surface area (Å²) in [5, 5.41) is 50.3. The minimum absolute atomic E-state index is 0.0471. The molecule has 0 amide bonds. The lowest BCUT2D eigenvalue weighted by atomic mass is 9.85. The molecule has 1 rings (SSSR count). The zero-order valence-corrected chi connectivity index (χ0v) is 42.8. The first-order chi connectivity index (χ1) is 32.4. The van der Waals surface area contributed by atoms with Crippen LogP contribution in [0.15, 0.2) is 36.5 Å². The van der Waals surface area contributed by atoms with Crippen LogP contribution in [0.1, 0.15) is 232 Å². The smallest absolute Gasteiger partial charge is 0.462 e. The van der Waals surface area contributed by atoms with Crippen LogP contribution < -0.4 is 0 Å². The number of aliphatic hydroxyl groups is 5. The highest BCUT2D eigenvalue weighted by atomic mass is 31.2. The first-order valence-electron chi connectivity index (χ1n) is 26.8. The zero-order valence-electron chi connectivity index (χ0n) is 41.9. The second-order valence-electron chi connectivity index (χ2n) is 18.8. The highest BCUT2D eigenvalue weighted by molar-refractivity contribution is 7.47. The van der Waals surface area contributed by atoms with Gasteiger partial charge in [-0.05, 0) is 57.8 Å². The van der Waals surface area contributed by atoms with Crippen LogP contribution in [0.2, 0.25) is 0 Å². The largest absolute Gasteiger partial charge is 0.472 e. The van der Waals surface area contributed by atoms with Gasteiger partial charge in [0.2, 0.25) is 0 Å². The Morgan fingerprint density at radius 1 is 0.463 bits per heavy atom. The second-order valence-corrected chi connectivity index (χ2v) is 20.2. The standard InChI is InChI=1S/C53H97O13P/c1-3-5-7-9-11-13-15-17-19-20-21-22-23-24-25-26-28-30-32-34-36-38-40-42-47(55)65-45(44-64-67(61,62)66-53-51(59)49(57)48(56)50(58)52(53)60)43-63-46(54)41-39-37-35-33-31-29-27-18-16-14-12-10-8-6-4-2/h14,16,18,27,34,36,45,48-53,56-60H,3-13,15,17,19-26,28-33,35,37-44H2,1-2H3,(H,61,62)/b16-14+,27-18+,36-34+/t45-,48?,49-,50?,51?,52?,53?/m1/s1. The highest BCUT2D eigenvalue weighted by Gasteiger charge is 2.51. The van der Waals surface area contributed by atoms with E-state index < -0.39 is 75.7 Å². The molecule has 0 aromatic heterocycles. The number of rotatable bonds is 45. The summed E-state index contributed by atoms with van der Waals surface area (Å²) in [7, 11) is -5.13. The number of allylic oxidation sites excluding steroid dienone is 6. The molecule has 392 valence electrons. The van der Waals surface area contributed by atoms with E-state index in [1.54, 1.807) is 0 Å². The number of phosphoric ester groups is 1. The van der Waals surface area contributed by atoms with Crippen molar-refractivity contribution in [2.45, 2.75) is 275 Å². The van der Waals surface area contributed by atoms with Gasteiger partial charge in [-0.2, -0.15) is 0 Å². The van der Waals surface area contributed by atoms with Crippen LogP contribution in [0.3, 0.4) is 0 Å². The molecule has 14 heteroatoms. The maximum Gasteiger partial charge on any atom is 0.472 e. The normalized spacial score (nSPS) is 21.4. The molecule has 1 aliphatic carbocycles. The van der Waals surface area contributed by atoms with Crippen molar-refractivity contribution in [3.05, 3.63) is 36.5 Å². The van der Waals surface area contributed by atoms with E-state index in [0.29, 0.717) is 19.3 Å². The van der Waals surface area contributed by atoms with E-state index in [1.807, 2.05) is 0 Å². The third kappa shape index (κ3) is 34.9. The van der Waals surface area contributed by atoms with Crippen LogP contribution in [-0.2, 0) is 32.7 Å². The summed E-state index contributed by atoms with van der Waals surface area (Å²) in [6.07, 6.45) is 37.8. The monoisotopic (exact) mass is 973 g/mol. The fourth-order valence-corrected chi connectivity index (χ4v) is 9.14. The molecule has 0 aromatic rings. The van der Waals surface area contributed by atoms with Crippen molar-refractivity contribution in [1.29, 1.82) is 0 Å². The van der Waals surface area contributed by atoms with Crippen molar-refractivity contribution >= 4 is 19.8 Å². The average Bonchev–Trinajstić information content (AvgIpc) is 3.31. The van der Waals surface area contributed by atoms with Gasteiger partial charge >= 0.3 is 19.8 Å². The van der Waals surface area contributed by atoms with Gasteiger partial charge < -0.3 is 39.9 Å². The Kier molecular flexibility index (Phi) is 40.4. The van der Waals surface area contributed by atoms with Gasteiger partial charge in [0.05, 0.1) is 6.61 Å². The van der Waals surface area contributed by atoms with Crippen molar-refractivity contribution in [3.8, 4) is 0 Å². The molecular weight excluding hydrogens is 876 g/mol. The number of esters is 2. The summed E-state index contributed by atoms with van der Waals surface area (Å²) >= 11 is 0. The molecule has 6 N–H and O–H groups in total. The van der Waals surface area contributed by atoms with Crippen molar-refractivity contribution in [3.63, 3.8) is 0 Å². The van der Waals surface area contributed by atoms with Gasteiger partial charge in [0.15, 0.2) is 6.10 Å². The van der Waals surface area contributed by atoms with Crippen LogP contribution in [0.5, 0.6) is 0 Å². The Morgan fingerprint density at radius 2 is 0.821 bits per heavy atom. The molecule has 1 aliphatic rings. The van der Waals surface area contributed by atoms with Gasteiger partial charge in [0.25, 0.3) is 0 Å². The topological polar surface area (TPSA) is 210 Å². The first kappa shape index (κ1) is 63.1. The van der Waals surface area contributed by atoms with Crippen molar-refractivity contribution in [1.82, 2.24) is 0 Å². The van der Waals surface area contributed by atoms with E-state index in [4.69, 9.17) is 18.5 Å². The number of phosphoric acid groups is 1. The number of hydrogen-bond acceptors (Lipinski definition) is 12. The van der Waals surface area contributed by atoms with Crippen molar-refractivity contribution in [2.24, 2.45) is 0 Å². The maximum atomic E-state index is 12.8. The molecule has 67 heavy (non-hydrogen) atoms. The summed E-state index contributed by atoms with van der Waals surface area (Å²) in [4.78, 5) is 35.8. The zero-order chi connectivity index (χ0) is 49.2. The lowest BCUT2D eigenvalue weighted by Gasteiger charge is -2.41. The summed E-state index contributed by atoms with van der Waals surface area (Å²) in [5.41, 5.74) is 0. The second kappa shape index (κ2) is 42.9. The van der Waals surface area contributed by atoms with Gasteiger partial charge in [-0.25, -0.2) is 4.57 Å². The summed E-state index contributed by atoms with van der Waals surface area (Å²) in [5.74, 6) is -1.15. The summed E-state index contributed by atoms with van der Waals surface area (Å²) in [6, 6.07) is 0. The molecule has 0 spiro atoms. The third-order valence-corrected chi connectivity index (χ3v) is 13.5. The van der Waals surface area contributed by atoms with Gasteiger partial charge in [0.1, 0.15) is 43.2 Å². The Labute approximate surface area is 406 Å². The summed E-state index contributed by atoms with van der Waals surface area (Å²) < 4.78 is 33.6. The van der Waals surface area contributed by atoms with Gasteiger partial charge in [-0.3, -0.25) is 18.6 Å². The number of carbonyl (C=O) groups is 2. The molecule has 0 aromatic carbocycles. The molecule has 13 nitrogen and oxygen atoms in total. The van der Waals surface area contributed by atoms with Crippen molar-refractivity contribution in [2.75, 3.05) is 13.2 Å². The van der Waals surface area contributed by atoms with E-state index in [2.05, 4.69) is 50.3 Å². The van der Waals surface area contributed by atoms with Crippen molar-refractivity contribution < 1.29 is 63.1 Å². The highest BCUT2D eigenvalue weighted by Crippen LogP contribution is 2.47. The SMILES string of the molecule is CCCCCC/C=C/C=C/CCCCCCCC(=O)OC[C@H](COP(=O)(O)OC1C(O)C(O)C(O)[C@@H](O)C1O)OC(=O)CCC/C=C/CCCCCCCCCCCCCCCCCCCC. The number of aliphatic hydroxyl groups excluding tert-OH is 5. The van der Waals surface area contributed by atoms with E-state index >= 15 is 0 Å². The molecule has 0 heterocycles. The van der Waals surface area contributed by atoms with E-state index in [1.165, 1.54) is 135 Å². The third-order valence-electron chi connectivity index (χ3n) is 12.5. The Balaban J connectivity index is 2.38. The maximum absolute atomic E-state index is 12.8. The fourth-order valence-electron chi connectivity index (χ4n) is 8.17. The number of ether oxygens (including phenoxy) is 2. The molecule has 0 bridgehead atoms. The lowest BCUT2D eigenvalue weighted by molar-refractivity contribution is -0.220. The Bertz CT molecular complexity index is 1310. The summed E-state index contributed by atoms with van der Waals surface area (Å²) in [6.45, 7) is 3.28. The van der Waals surface area contributed by atoms with Crippen LogP contribution >= 0.6 is 7.82 Å². The van der Waals surface area contributed by atoms with Gasteiger partial charge in [0, 0.05) is 12.8 Å². The average molecular weight is 973 g/mol. The lowest BCUT2D eigenvalue weighted by Crippen LogP contribution is -2.64. The quantitative estimate of drug-likeness (QED) is 0.0110. The van der Waals surface area contributed by atoms with E-state index in [-0.39, 0.29) is 12.8 Å². The minimum atomic E-state index is -5.13. The Hall–Kier alpha value is -1.93. The fraction of sp³-hybridized carbons (Fsp3) is 0.849. The molecule has 0 saturated heterocycles. The van der Waals surface area contributed by atoms with Crippen LogP contribution in [0, 0.1) is 0 Å². The molecule has 0 radical (unpaired) electrons. The molecule has 0 aliphatic heterocycles. The molecular formula is C53H97O13P. The molecule has 1 saturated carbocycles. The predicted octanol–water partition coefficient (Wildman–Crippen LogP) is 11.7. The number of carbonyl (C=O) groups excluding carboxylic acids is 2. The van der Waals surface area contributed by atoms with E-state index in [9.17, 15) is 44.6 Å². The Morgan fingerprint density at radius 3 is 1.28 bits per heavy atom. The molecule has 1 fully saturated rings. The van der Waals surface area contributed by atoms with Gasteiger partial charge in [-0.1, -0.05) is 198 Å². The first-order valence-corrected chi connectivity index (χ1v) is 28.3.